The molecule has 2 rings (SSSR count). The molecule has 0 saturated carbocycles. The van der Waals surface area contributed by atoms with Crippen LogP contribution in [0.25, 0.3) is 0 Å². The third-order valence-corrected chi connectivity index (χ3v) is 3.86. The van der Waals surface area contributed by atoms with Crippen LogP contribution in [0.2, 0.25) is 0 Å². The van der Waals surface area contributed by atoms with Crippen LogP contribution >= 0.6 is 0 Å². The van der Waals surface area contributed by atoms with Gasteiger partial charge in [0.15, 0.2) is 0 Å². The van der Waals surface area contributed by atoms with E-state index in [9.17, 15) is 5.11 Å². The van der Waals surface area contributed by atoms with E-state index in [0.29, 0.717) is 0 Å². The van der Waals surface area contributed by atoms with Gasteiger partial charge >= 0.3 is 0 Å². The summed E-state index contributed by atoms with van der Waals surface area (Å²) in [6.45, 7) is 3.10. The maximum Gasteiger partial charge on any atom is 0.118 e. The molecule has 1 aromatic rings. The number of hydrogen-bond acceptors (Lipinski definition) is 3. The van der Waals surface area contributed by atoms with E-state index in [1.165, 1.54) is 18.4 Å². The monoisotopic (exact) mass is 263 g/mol. The molecular formula is C16H25NO2. The molecule has 1 aromatic carbocycles. The number of methoxy groups -OCH3 is 1. The molecule has 1 aliphatic heterocycles. The number of hydrogen-bond donors (Lipinski definition) is 1. The van der Waals surface area contributed by atoms with Crippen molar-refractivity contribution in [3.05, 3.63) is 29.8 Å². The predicted octanol–water partition coefficient (Wildman–Crippen LogP) is 2.82. The van der Waals surface area contributed by atoms with Crippen LogP contribution in [0, 0.1) is 0 Å². The molecule has 106 valence electrons. The van der Waals surface area contributed by atoms with Gasteiger partial charge < -0.3 is 9.84 Å². The van der Waals surface area contributed by atoms with Crippen molar-refractivity contribution in [1.82, 2.24) is 4.90 Å². The van der Waals surface area contributed by atoms with Crippen LogP contribution in [0.15, 0.2) is 24.3 Å². The second-order valence-corrected chi connectivity index (χ2v) is 5.42. The highest BCUT2D eigenvalue weighted by Gasteiger charge is 2.12. The van der Waals surface area contributed by atoms with E-state index in [1.807, 2.05) is 12.1 Å². The summed E-state index contributed by atoms with van der Waals surface area (Å²) >= 11 is 0. The van der Waals surface area contributed by atoms with Crippen molar-refractivity contribution in [3.8, 4) is 5.75 Å². The average molecular weight is 263 g/mol. The maximum absolute atomic E-state index is 9.85. The highest BCUT2D eigenvalue weighted by molar-refractivity contribution is 5.27. The Morgan fingerprint density at radius 3 is 2.63 bits per heavy atom. The molecule has 19 heavy (non-hydrogen) atoms. The van der Waals surface area contributed by atoms with Crippen LogP contribution in [0.3, 0.4) is 0 Å². The molecule has 1 saturated heterocycles. The minimum absolute atomic E-state index is 0.114. The number of nitrogens with zero attached hydrogens (tertiary/aromatic N) is 1. The van der Waals surface area contributed by atoms with Crippen LogP contribution in [-0.4, -0.2) is 36.3 Å². The molecule has 0 radical (unpaired) electrons. The normalized spacial score (nSPS) is 22.3. The minimum Gasteiger partial charge on any atom is -0.497 e. The molecule has 3 heteroatoms. The van der Waals surface area contributed by atoms with Gasteiger partial charge in [-0.2, -0.15) is 0 Å². The third kappa shape index (κ3) is 4.84. The molecule has 1 heterocycles. The van der Waals surface area contributed by atoms with Crippen LogP contribution < -0.4 is 4.74 Å². The standard InChI is InChI=1S/C16H25NO2/c1-19-16-8-6-14(7-9-16)13-17-11-4-2-3-5-15(18)10-12-17/h6-9,15,18H,2-5,10-13H2,1H3/t15-/m1/s1. The molecule has 3 nitrogen and oxygen atoms in total. The highest BCUT2D eigenvalue weighted by atomic mass is 16.5. The van der Waals surface area contributed by atoms with E-state index in [4.69, 9.17) is 4.74 Å². The quantitative estimate of drug-likeness (QED) is 0.910. The van der Waals surface area contributed by atoms with Crippen molar-refractivity contribution < 1.29 is 9.84 Å². The van der Waals surface area contributed by atoms with Gasteiger partial charge in [-0.1, -0.05) is 25.0 Å². The molecule has 0 spiro atoms. The molecule has 0 amide bonds. The Hall–Kier alpha value is -1.06. The smallest absolute Gasteiger partial charge is 0.118 e. The summed E-state index contributed by atoms with van der Waals surface area (Å²) in [7, 11) is 1.69. The Balaban J connectivity index is 1.90. The predicted molar refractivity (Wildman–Crippen MR) is 77.4 cm³/mol. The zero-order valence-corrected chi connectivity index (χ0v) is 11.8. The first-order valence-electron chi connectivity index (χ1n) is 7.31. The maximum atomic E-state index is 9.85. The lowest BCUT2D eigenvalue weighted by Gasteiger charge is -2.22. The van der Waals surface area contributed by atoms with E-state index in [2.05, 4.69) is 17.0 Å². The Bertz CT molecular complexity index is 364. The fourth-order valence-corrected chi connectivity index (χ4v) is 2.63. The molecule has 1 atom stereocenters. The van der Waals surface area contributed by atoms with E-state index in [1.54, 1.807) is 7.11 Å². The van der Waals surface area contributed by atoms with Gasteiger partial charge in [-0.25, -0.2) is 0 Å². The summed E-state index contributed by atoms with van der Waals surface area (Å²) in [5.74, 6) is 0.906. The van der Waals surface area contributed by atoms with Gasteiger partial charge in [0.05, 0.1) is 13.2 Å². The van der Waals surface area contributed by atoms with Gasteiger partial charge in [-0.05, 0) is 43.5 Å². The second-order valence-electron chi connectivity index (χ2n) is 5.42. The van der Waals surface area contributed by atoms with Gasteiger partial charge in [0.1, 0.15) is 5.75 Å². The van der Waals surface area contributed by atoms with Crippen molar-refractivity contribution in [2.24, 2.45) is 0 Å². The molecule has 0 bridgehead atoms. The van der Waals surface area contributed by atoms with Crippen LogP contribution in [0.1, 0.15) is 37.7 Å². The second kappa shape index (κ2) is 7.51. The van der Waals surface area contributed by atoms with E-state index >= 15 is 0 Å². The number of ether oxygens (including phenoxy) is 1. The topological polar surface area (TPSA) is 32.7 Å². The van der Waals surface area contributed by atoms with Crippen molar-refractivity contribution in [2.75, 3.05) is 20.2 Å². The van der Waals surface area contributed by atoms with Gasteiger partial charge in [0.25, 0.3) is 0 Å². The first-order chi connectivity index (χ1) is 9.28. The minimum atomic E-state index is -0.114. The zero-order chi connectivity index (χ0) is 13.5. The lowest BCUT2D eigenvalue weighted by Crippen LogP contribution is -2.27. The molecule has 1 fully saturated rings. The molecule has 0 unspecified atom stereocenters. The van der Waals surface area contributed by atoms with Gasteiger partial charge in [-0.3, -0.25) is 4.90 Å². The summed E-state index contributed by atoms with van der Waals surface area (Å²) in [6.07, 6.45) is 5.39. The van der Waals surface area contributed by atoms with Crippen LogP contribution in [-0.2, 0) is 6.54 Å². The highest BCUT2D eigenvalue weighted by Crippen LogP contribution is 2.16. The lowest BCUT2D eigenvalue weighted by molar-refractivity contribution is 0.135. The molecule has 1 N–H and O–H groups in total. The Kier molecular flexibility index (Phi) is 5.67. The van der Waals surface area contributed by atoms with Gasteiger partial charge in [-0.15, -0.1) is 0 Å². The number of rotatable bonds is 3. The summed E-state index contributed by atoms with van der Waals surface area (Å²) in [5.41, 5.74) is 1.31. The third-order valence-electron chi connectivity index (χ3n) is 3.86. The average Bonchev–Trinajstić information content (AvgIpc) is 2.53. The fourth-order valence-electron chi connectivity index (χ4n) is 2.63. The van der Waals surface area contributed by atoms with E-state index in [-0.39, 0.29) is 6.10 Å². The van der Waals surface area contributed by atoms with E-state index in [0.717, 1.165) is 44.6 Å². The van der Waals surface area contributed by atoms with Crippen molar-refractivity contribution in [1.29, 1.82) is 0 Å². The van der Waals surface area contributed by atoms with Gasteiger partial charge in [0, 0.05) is 13.1 Å². The molecule has 0 aromatic heterocycles. The summed E-state index contributed by atoms with van der Waals surface area (Å²) < 4.78 is 5.18. The summed E-state index contributed by atoms with van der Waals surface area (Å²) in [4.78, 5) is 2.45. The first-order valence-corrected chi connectivity index (χ1v) is 7.31. The largest absolute Gasteiger partial charge is 0.497 e. The van der Waals surface area contributed by atoms with Crippen LogP contribution in [0.4, 0.5) is 0 Å². The Morgan fingerprint density at radius 2 is 1.89 bits per heavy atom. The lowest BCUT2D eigenvalue weighted by atomic mass is 10.1. The van der Waals surface area contributed by atoms with Crippen molar-refractivity contribution >= 4 is 0 Å². The first kappa shape index (κ1) is 14.4. The SMILES string of the molecule is COc1ccc(CN2CCCCC[C@@H](O)CC2)cc1. The number of benzene rings is 1. The molecular weight excluding hydrogens is 238 g/mol. The fraction of sp³-hybridized carbons (Fsp3) is 0.625. The molecule has 0 aliphatic carbocycles. The van der Waals surface area contributed by atoms with Gasteiger partial charge in [0.2, 0.25) is 0 Å². The Morgan fingerprint density at radius 1 is 1.11 bits per heavy atom. The number of aliphatic hydroxyl groups excluding tert-OH is 1. The zero-order valence-electron chi connectivity index (χ0n) is 11.8. The van der Waals surface area contributed by atoms with E-state index < -0.39 is 0 Å². The summed E-state index contributed by atoms with van der Waals surface area (Å²) in [6, 6.07) is 8.28. The number of aliphatic hydroxyl groups is 1. The molecule has 1 aliphatic rings. The summed E-state index contributed by atoms with van der Waals surface area (Å²) in [5, 5.41) is 9.85. The van der Waals surface area contributed by atoms with Crippen molar-refractivity contribution in [3.63, 3.8) is 0 Å². The Labute approximate surface area is 116 Å². The van der Waals surface area contributed by atoms with Crippen molar-refractivity contribution in [2.45, 2.75) is 44.8 Å². The van der Waals surface area contributed by atoms with Crippen LogP contribution in [0.5, 0.6) is 5.75 Å².